The smallest absolute Gasteiger partial charge is 0.245 e. The second-order valence-electron chi connectivity index (χ2n) is 6.25. The fraction of sp³-hybridized carbons (Fsp3) is 0.0952. The third-order valence-electron chi connectivity index (χ3n) is 4.21. The summed E-state index contributed by atoms with van der Waals surface area (Å²) in [6.07, 6.45) is 2.52. The van der Waals surface area contributed by atoms with E-state index < -0.39 is 29.4 Å². The van der Waals surface area contributed by atoms with E-state index in [-0.39, 0.29) is 10.7 Å². The van der Waals surface area contributed by atoms with Gasteiger partial charge >= 0.3 is 0 Å². The minimum atomic E-state index is -1.30. The van der Waals surface area contributed by atoms with Crippen molar-refractivity contribution in [2.75, 3.05) is 0 Å². The Hall–Kier alpha value is -3.57. The quantitative estimate of drug-likeness (QED) is 0.599. The summed E-state index contributed by atoms with van der Waals surface area (Å²) in [5, 5.41) is 16.0. The van der Waals surface area contributed by atoms with Crippen LogP contribution in [0.15, 0.2) is 48.5 Å². The largest absolute Gasteiger partial charge is 0.333 e. The Morgan fingerprint density at radius 1 is 1.20 bits per heavy atom. The van der Waals surface area contributed by atoms with Gasteiger partial charge in [0.2, 0.25) is 5.91 Å². The molecule has 0 saturated carbocycles. The van der Waals surface area contributed by atoms with Crippen molar-refractivity contribution in [3.8, 4) is 11.8 Å². The van der Waals surface area contributed by atoms with Crippen LogP contribution in [-0.4, -0.2) is 15.7 Å². The molecule has 0 aliphatic rings. The maximum atomic E-state index is 13.9. The van der Waals surface area contributed by atoms with Gasteiger partial charge < -0.3 is 5.32 Å². The maximum absolute atomic E-state index is 13.9. The number of benzene rings is 2. The molecule has 0 bridgehead atoms. The van der Waals surface area contributed by atoms with E-state index in [9.17, 15) is 23.2 Å². The first-order valence-electron chi connectivity index (χ1n) is 8.64. The van der Waals surface area contributed by atoms with Crippen molar-refractivity contribution in [1.29, 1.82) is 5.26 Å². The molecule has 1 atom stereocenters. The molecule has 1 N–H and O–H groups in total. The number of amides is 1. The minimum Gasteiger partial charge on any atom is -0.333 e. The van der Waals surface area contributed by atoms with Gasteiger partial charge in [0, 0.05) is 23.3 Å². The average Bonchev–Trinajstić information content (AvgIpc) is 2.99. The highest BCUT2D eigenvalue weighted by atomic mass is 35.5. The van der Waals surface area contributed by atoms with Crippen molar-refractivity contribution >= 4 is 23.6 Å². The fourth-order valence-corrected chi connectivity index (χ4v) is 3.05. The van der Waals surface area contributed by atoms with Crippen molar-refractivity contribution in [2.45, 2.75) is 13.0 Å². The Morgan fingerprint density at radius 2 is 1.87 bits per heavy atom. The van der Waals surface area contributed by atoms with Gasteiger partial charge in [-0.15, -0.1) is 0 Å². The second-order valence-corrected chi connectivity index (χ2v) is 6.61. The molecule has 9 heteroatoms. The van der Waals surface area contributed by atoms with E-state index in [1.165, 1.54) is 35.0 Å². The Kier molecular flexibility index (Phi) is 6.23. The predicted octanol–water partition coefficient (Wildman–Crippen LogP) is 4.65. The first-order valence-corrected chi connectivity index (χ1v) is 9.02. The van der Waals surface area contributed by atoms with Gasteiger partial charge in [0.05, 0.1) is 17.5 Å². The van der Waals surface area contributed by atoms with E-state index in [1.807, 2.05) is 0 Å². The van der Waals surface area contributed by atoms with Gasteiger partial charge in [-0.1, -0.05) is 17.7 Å². The molecule has 1 aromatic heterocycles. The van der Waals surface area contributed by atoms with Crippen LogP contribution >= 0.6 is 11.6 Å². The number of nitrogens with zero attached hydrogens (tertiary/aromatic N) is 3. The van der Waals surface area contributed by atoms with Crippen LogP contribution in [0.3, 0.4) is 0 Å². The molecular formula is C21H14ClF3N4O. The number of carbonyl (C=O) groups is 1. The van der Waals surface area contributed by atoms with E-state index in [1.54, 1.807) is 13.0 Å². The van der Waals surface area contributed by atoms with Crippen LogP contribution in [0.25, 0.3) is 11.8 Å². The number of hydrogen-bond acceptors (Lipinski definition) is 3. The number of nitrogens with one attached hydrogen (secondary N) is 1. The molecule has 0 aliphatic carbocycles. The highest BCUT2D eigenvalue weighted by Gasteiger charge is 2.18. The van der Waals surface area contributed by atoms with E-state index in [0.717, 1.165) is 18.2 Å². The SMILES string of the molecule is Cc1nn(-c2ccc(F)cc2)c(Cl)c1/C=C/C(=O)NC(C#N)c1ccc(F)cc1F. The highest BCUT2D eigenvalue weighted by Crippen LogP contribution is 2.25. The third kappa shape index (κ3) is 4.53. The van der Waals surface area contributed by atoms with Crippen molar-refractivity contribution in [3.63, 3.8) is 0 Å². The van der Waals surface area contributed by atoms with Gasteiger partial charge in [0.25, 0.3) is 0 Å². The zero-order chi connectivity index (χ0) is 21.8. The lowest BCUT2D eigenvalue weighted by molar-refractivity contribution is -0.116. The maximum Gasteiger partial charge on any atom is 0.245 e. The average molecular weight is 431 g/mol. The van der Waals surface area contributed by atoms with Crippen LogP contribution in [0.1, 0.15) is 22.9 Å². The van der Waals surface area contributed by atoms with Crippen molar-refractivity contribution in [3.05, 3.63) is 88.0 Å². The lowest BCUT2D eigenvalue weighted by Gasteiger charge is -2.11. The molecule has 3 rings (SSSR count). The molecular weight excluding hydrogens is 417 g/mol. The standard InChI is InChI=1S/C21H14ClF3N4O/c1-12-16(21(22)29(28-12)15-5-2-13(23)3-6-15)8-9-20(30)27-19(11-26)17-7-4-14(24)10-18(17)25/h2-10,19H,1H3,(H,27,30)/b9-8+. The van der Waals surface area contributed by atoms with Gasteiger partial charge in [-0.05, 0) is 43.3 Å². The molecule has 152 valence electrons. The van der Waals surface area contributed by atoms with E-state index in [2.05, 4.69) is 10.4 Å². The number of aryl methyl sites for hydroxylation is 1. The Labute approximate surface area is 175 Å². The number of nitriles is 1. The van der Waals surface area contributed by atoms with Crippen LogP contribution in [-0.2, 0) is 4.79 Å². The molecule has 0 saturated heterocycles. The predicted molar refractivity (Wildman–Crippen MR) is 105 cm³/mol. The van der Waals surface area contributed by atoms with E-state index >= 15 is 0 Å². The highest BCUT2D eigenvalue weighted by molar-refractivity contribution is 6.31. The molecule has 1 amide bonds. The second kappa shape index (κ2) is 8.84. The third-order valence-corrected chi connectivity index (χ3v) is 4.57. The molecule has 0 radical (unpaired) electrons. The first-order chi connectivity index (χ1) is 14.3. The van der Waals surface area contributed by atoms with Crippen LogP contribution in [0, 0.1) is 35.7 Å². The van der Waals surface area contributed by atoms with Crippen molar-refractivity contribution in [2.24, 2.45) is 0 Å². The molecule has 5 nitrogen and oxygen atoms in total. The summed E-state index contributed by atoms with van der Waals surface area (Å²) >= 11 is 6.34. The van der Waals surface area contributed by atoms with Gasteiger partial charge in [0.1, 0.15) is 28.6 Å². The summed E-state index contributed by atoms with van der Waals surface area (Å²) < 4.78 is 41.4. The lowest BCUT2D eigenvalue weighted by Crippen LogP contribution is -2.26. The number of halogens is 4. The van der Waals surface area contributed by atoms with Crippen LogP contribution in [0.2, 0.25) is 5.15 Å². The number of hydrogen-bond donors (Lipinski definition) is 1. The van der Waals surface area contributed by atoms with Crippen molar-refractivity contribution in [1.82, 2.24) is 15.1 Å². The van der Waals surface area contributed by atoms with E-state index in [0.29, 0.717) is 23.0 Å². The molecule has 2 aromatic carbocycles. The summed E-state index contributed by atoms with van der Waals surface area (Å²) in [7, 11) is 0. The van der Waals surface area contributed by atoms with Crippen LogP contribution in [0.4, 0.5) is 13.2 Å². The summed E-state index contributed by atoms with van der Waals surface area (Å²) in [4.78, 5) is 12.2. The van der Waals surface area contributed by atoms with Crippen molar-refractivity contribution < 1.29 is 18.0 Å². The topological polar surface area (TPSA) is 70.7 Å². The van der Waals surface area contributed by atoms with Crippen LogP contribution in [0.5, 0.6) is 0 Å². The van der Waals surface area contributed by atoms with E-state index in [4.69, 9.17) is 11.6 Å². The van der Waals surface area contributed by atoms with Gasteiger partial charge in [-0.25, -0.2) is 17.9 Å². The number of carbonyl (C=O) groups excluding carboxylic acids is 1. The monoisotopic (exact) mass is 430 g/mol. The molecule has 0 aliphatic heterocycles. The Bertz CT molecular complexity index is 1170. The van der Waals surface area contributed by atoms with Gasteiger partial charge in [0.15, 0.2) is 0 Å². The molecule has 1 heterocycles. The Balaban J connectivity index is 1.79. The Morgan fingerprint density at radius 3 is 2.50 bits per heavy atom. The van der Waals surface area contributed by atoms with Gasteiger partial charge in [-0.2, -0.15) is 10.4 Å². The number of aromatic nitrogens is 2. The van der Waals surface area contributed by atoms with Crippen LogP contribution < -0.4 is 5.32 Å². The van der Waals surface area contributed by atoms with Gasteiger partial charge in [-0.3, -0.25) is 4.79 Å². The normalized spacial score (nSPS) is 12.0. The summed E-state index contributed by atoms with van der Waals surface area (Å²) in [5.74, 6) is -2.82. The molecule has 1 unspecified atom stereocenters. The zero-order valence-electron chi connectivity index (χ0n) is 15.5. The fourth-order valence-electron chi connectivity index (χ4n) is 2.72. The lowest BCUT2D eigenvalue weighted by atomic mass is 10.1. The molecule has 30 heavy (non-hydrogen) atoms. The minimum absolute atomic E-state index is 0.154. The first kappa shape index (κ1) is 21.1. The number of rotatable bonds is 5. The zero-order valence-corrected chi connectivity index (χ0v) is 16.3. The summed E-state index contributed by atoms with van der Waals surface area (Å²) in [6.45, 7) is 1.68. The summed E-state index contributed by atoms with van der Waals surface area (Å²) in [6, 6.07) is 8.72. The molecule has 3 aromatic rings. The molecule has 0 spiro atoms. The molecule has 0 fully saturated rings. The summed E-state index contributed by atoms with van der Waals surface area (Å²) in [5.41, 5.74) is 1.33.